The van der Waals surface area contributed by atoms with Crippen LogP contribution in [-0.2, 0) is 16.1 Å². The molecule has 2 aromatic rings. The summed E-state index contributed by atoms with van der Waals surface area (Å²) in [6.45, 7) is 2.69. The highest BCUT2D eigenvalue weighted by Crippen LogP contribution is 2.33. The molecule has 0 N–H and O–H groups in total. The highest BCUT2D eigenvalue weighted by Gasteiger charge is 2.42. The average molecular weight is 424 g/mol. The van der Waals surface area contributed by atoms with E-state index >= 15 is 0 Å². The van der Waals surface area contributed by atoms with Gasteiger partial charge in [0.15, 0.2) is 0 Å². The maximum absolute atomic E-state index is 13.3. The highest BCUT2D eigenvalue weighted by molar-refractivity contribution is 6.35. The van der Waals surface area contributed by atoms with E-state index in [0.717, 1.165) is 18.0 Å². The van der Waals surface area contributed by atoms with Crippen molar-refractivity contribution in [2.24, 2.45) is 0 Å². The number of imide groups is 1. The van der Waals surface area contributed by atoms with Gasteiger partial charge < -0.3 is 9.80 Å². The van der Waals surface area contributed by atoms with Gasteiger partial charge in [0.1, 0.15) is 11.5 Å². The third-order valence-electron chi connectivity index (χ3n) is 5.58. The van der Waals surface area contributed by atoms with Gasteiger partial charge in [-0.3, -0.25) is 24.6 Å². The summed E-state index contributed by atoms with van der Waals surface area (Å²) in [4.78, 5) is 42.3. The van der Waals surface area contributed by atoms with E-state index in [0.29, 0.717) is 29.9 Å². The Balaban J connectivity index is 1.71. The summed E-state index contributed by atoms with van der Waals surface area (Å²) in [7, 11) is 1.99. The van der Waals surface area contributed by atoms with E-state index in [1.54, 1.807) is 0 Å². The Kier molecular flexibility index (Phi) is 5.51. The van der Waals surface area contributed by atoms with Gasteiger partial charge in [-0.2, -0.15) is 0 Å². The van der Waals surface area contributed by atoms with Crippen LogP contribution in [0.25, 0.3) is 5.57 Å². The van der Waals surface area contributed by atoms with Crippen molar-refractivity contribution in [3.63, 3.8) is 0 Å². The van der Waals surface area contributed by atoms with Crippen LogP contribution in [0.2, 0.25) is 0 Å². The summed E-state index contributed by atoms with van der Waals surface area (Å²) in [5.74, 6) is -1.27. The van der Waals surface area contributed by atoms with E-state index in [4.69, 9.17) is 0 Å². The van der Waals surface area contributed by atoms with Crippen molar-refractivity contribution in [3.8, 4) is 0 Å². The van der Waals surface area contributed by atoms with Gasteiger partial charge in [0, 0.05) is 38.3 Å². The molecule has 0 aromatic heterocycles. The maximum Gasteiger partial charge on any atom is 0.278 e. The smallest absolute Gasteiger partial charge is 0.278 e. The molecule has 2 aromatic carbocycles. The molecular weight excluding hydrogens is 403 g/mol. The first-order valence-electron chi connectivity index (χ1n) is 9.88. The predicted molar refractivity (Wildman–Crippen MR) is 111 cm³/mol. The van der Waals surface area contributed by atoms with Gasteiger partial charge in [0.25, 0.3) is 17.5 Å². The summed E-state index contributed by atoms with van der Waals surface area (Å²) in [6.07, 6.45) is 0. The summed E-state index contributed by atoms with van der Waals surface area (Å²) in [6, 6.07) is 11.3. The van der Waals surface area contributed by atoms with Crippen molar-refractivity contribution >= 4 is 23.1 Å². The highest BCUT2D eigenvalue weighted by atomic mass is 19.1. The van der Waals surface area contributed by atoms with Gasteiger partial charge in [-0.25, -0.2) is 4.39 Å². The van der Waals surface area contributed by atoms with Gasteiger partial charge in [0.05, 0.1) is 17.0 Å². The summed E-state index contributed by atoms with van der Waals surface area (Å²) in [5.41, 5.74) is 1.55. The number of carbonyl (C=O) groups is 2. The number of nitro benzene ring substituents is 1. The van der Waals surface area contributed by atoms with Crippen LogP contribution >= 0.6 is 0 Å². The Morgan fingerprint density at radius 1 is 0.935 bits per heavy atom. The number of piperazine rings is 1. The van der Waals surface area contributed by atoms with E-state index in [1.165, 1.54) is 48.5 Å². The van der Waals surface area contributed by atoms with Crippen molar-refractivity contribution in [2.45, 2.75) is 6.54 Å². The van der Waals surface area contributed by atoms with Crippen LogP contribution < -0.4 is 0 Å². The lowest BCUT2D eigenvalue weighted by atomic mass is 10.0. The third-order valence-corrected chi connectivity index (χ3v) is 5.58. The fraction of sp³-hybridized carbons (Fsp3) is 0.273. The van der Waals surface area contributed by atoms with E-state index < -0.39 is 22.6 Å². The van der Waals surface area contributed by atoms with Crippen LogP contribution in [0.4, 0.5) is 10.1 Å². The van der Waals surface area contributed by atoms with Crippen LogP contribution in [0, 0.1) is 15.9 Å². The van der Waals surface area contributed by atoms with Crippen molar-refractivity contribution in [1.82, 2.24) is 14.7 Å². The molecule has 2 aliphatic rings. The molecule has 4 rings (SSSR count). The molecule has 31 heavy (non-hydrogen) atoms. The topological polar surface area (TPSA) is 87.0 Å². The fourth-order valence-electron chi connectivity index (χ4n) is 3.81. The van der Waals surface area contributed by atoms with Crippen molar-refractivity contribution < 1.29 is 18.9 Å². The first-order valence-corrected chi connectivity index (χ1v) is 9.88. The number of non-ortho nitro benzene ring substituents is 1. The molecule has 0 saturated carbocycles. The minimum atomic E-state index is -0.512. The number of hydrogen-bond donors (Lipinski definition) is 0. The normalized spacial score (nSPS) is 17.6. The minimum Gasteiger partial charge on any atom is -0.364 e. The number of carbonyl (C=O) groups excluding carboxylic acids is 2. The molecule has 8 nitrogen and oxygen atoms in total. The molecule has 2 aliphatic heterocycles. The largest absolute Gasteiger partial charge is 0.364 e. The Labute approximate surface area is 178 Å². The van der Waals surface area contributed by atoms with E-state index in [-0.39, 0.29) is 17.8 Å². The molecule has 9 heteroatoms. The number of benzene rings is 2. The molecule has 160 valence electrons. The van der Waals surface area contributed by atoms with Crippen molar-refractivity contribution in [1.29, 1.82) is 0 Å². The molecule has 0 unspecified atom stereocenters. The summed E-state index contributed by atoms with van der Waals surface area (Å²) in [5, 5.41) is 11.0. The number of hydrogen-bond acceptors (Lipinski definition) is 6. The molecule has 2 amide bonds. The third kappa shape index (κ3) is 4.04. The summed E-state index contributed by atoms with van der Waals surface area (Å²) >= 11 is 0. The zero-order chi connectivity index (χ0) is 22.1. The van der Waals surface area contributed by atoms with E-state index in [1.807, 2.05) is 11.9 Å². The lowest BCUT2D eigenvalue weighted by molar-refractivity contribution is -0.384. The molecule has 0 spiro atoms. The van der Waals surface area contributed by atoms with E-state index in [2.05, 4.69) is 4.90 Å². The van der Waals surface area contributed by atoms with Gasteiger partial charge in [-0.1, -0.05) is 12.1 Å². The number of rotatable bonds is 5. The fourth-order valence-corrected chi connectivity index (χ4v) is 3.81. The molecular formula is C22H21FN4O4. The SMILES string of the molecule is CN1CCN(C2=C(c3ccc([N+](=O)[O-])cc3)C(=O)N(Cc3ccc(F)cc3)C2=O)CC1. The van der Waals surface area contributed by atoms with Crippen molar-refractivity contribution in [2.75, 3.05) is 33.2 Å². The summed E-state index contributed by atoms with van der Waals surface area (Å²) < 4.78 is 13.2. The maximum atomic E-state index is 13.3. The average Bonchev–Trinajstić information content (AvgIpc) is 3.00. The lowest BCUT2D eigenvalue weighted by Gasteiger charge is -2.34. The Bertz CT molecular complexity index is 1060. The van der Waals surface area contributed by atoms with Crippen LogP contribution in [0.5, 0.6) is 0 Å². The van der Waals surface area contributed by atoms with E-state index in [9.17, 15) is 24.1 Å². The Morgan fingerprint density at radius 2 is 1.55 bits per heavy atom. The first kappa shape index (κ1) is 20.7. The zero-order valence-corrected chi connectivity index (χ0v) is 17.0. The molecule has 0 radical (unpaired) electrons. The monoisotopic (exact) mass is 424 g/mol. The number of amides is 2. The number of likely N-dealkylation sites (N-methyl/N-ethyl adjacent to an activating group) is 1. The van der Waals surface area contributed by atoms with Gasteiger partial charge in [0.2, 0.25) is 0 Å². The molecule has 0 aliphatic carbocycles. The molecule has 1 fully saturated rings. The zero-order valence-electron chi connectivity index (χ0n) is 17.0. The first-order chi connectivity index (χ1) is 14.8. The van der Waals surface area contributed by atoms with Gasteiger partial charge in [-0.15, -0.1) is 0 Å². The number of nitro groups is 1. The predicted octanol–water partition coefficient (Wildman–Crippen LogP) is 2.26. The minimum absolute atomic E-state index is 0.0195. The standard InChI is InChI=1S/C22H21FN4O4/c1-24-10-12-25(13-11-24)20-19(16-4-8-18(9-5-16)27(30)31)21(28)26(22(20)29)14-15-2-6-17(23)7-3-15/h2-9H,10-14H2,1H3. The Hall–Kier alpha value is -3.59. The van der Waals surface area contributed by atoms with Crippen LogP contribution in [0.1, 0.15) is 11.1 Å². The quantitative estimate of drug-likeness (QED) is 0.416. The molecule has 0 atom stereocenters. The lowest BCUT2D eigenvalue weighted by Crippen LogP contribution is -2.46. The van der Waals surface area contributed by atoms with Crippen molar-refractivity contribution in [3.05, 3.63) is 81.3 Å². The molecule has 2 heterocycles. The van der Waals surface area contributed by atoms with Gasteiger partial charge in [-0.05, 0) is 42.4 Å². The second-order valence-corrected chi connectivity index (χ2v) is 7.64. The van der Waals surface area contributed by atoms with Crippen LogP contribution in [0.3, 0.4) is 0 Å². The Morgan fingerprint density at radius 3 is 2.13 bits per heavy atom. The molecule has 0 bridgehead atoms. The van der Waals surface area contributed by atoms with Crippen LogP contribution in [0.15, 0.2) is 54.2 Å². The van der Waals surface area contributed by atoms with Gasteiger partial charge >= 0.3 is 0 Å². The second kappa shape index (κ2) is 8.27. The number of nitrogens with zero attached hydrogens (tertiary/aromatic N) is 4. The number of halogens is 1. The van der Waals surface area contributed by atoms with Crippen LogP contribution in [-0.4, -0.2) is 64.7 Å². The second-order valence-electron chi connectivity index (χ2n) is 7.64. The molecule has 1 saturated heterocycles.